The highest BCUT2D eigenvalue weighted by Crippen LogP contribution is 2.37. The summed E-state index contributed by atoms with van der Waals surface area (Å²) in [5, 5.41) is 0.619. The quantitative estimate of drug-likeness (QED) is 0.580. The number of benzene rings is 2. The zero-order valence-electron chi connectivity index (χ0n) is 14.0. The zero-order chi connectivity index (χ0) is 16.5. The van der Waals surface area contributed by atoms with Crippen molar-refractivity contribution in [3.05, 3.63) is 58.9 Å². The van der Waals surface area contributed by atoms with Gasteiger partial charge in [0.25, 0.3) is 0 Å². The van der Waals surface area contributed by atoms with Gasteiger partial charge in [0.2, 0.25) is 0 Å². The first kappa shape index (κ1) is 17.0. The molecule has 0 heterocycles. The minimum Gasteiger partial charge on any atom is -0.206 e. The molecule has 0 N–H and O–H groups in total. The van der Waals surface area contributed by atoms with Gasteiger partial charge in [0.05, 0.1) is 0 Å². The third-order valence-corrected chi connectivity index (χ3v) is 4.09. The summed E-state index contributed by atoms with van der Waals surface area (Å²) in [6, 6.07) is 12.9. The van der Waals surface area contributed by atoms with Gasteiger partial charge in [-0.3, -0.25) is 0 Å². The van der Waals surface area contributed by atoms with Gasteiger partial charge in [-0.25, -0.2) is 4.39 Å². The molecule has 2 rings (SSSR count). The van der Waals surface area contributed by atoms with Gasteiger partial charge in [-0.15, -0.1) is 0 Å². The van der Waals surface area contributed by atoms with Gasteiger partial charge >= 0.3 is 0 Å². The van der Waals surface area contributed by atoms with Crippen LogP contribution < -0.4 is 0 Å². The molecular formula is C20H24ClF. The summed E-state index contributed by atoms with van der Waals surface area (Å²) in [4.78, 5) is 0. The first-order valence-corrected chi connectivity index (χ1v) is 8.02. The fourth-order valence-corrected chi connectivity index (χ4v) is 3.44. The van der Waals surface area contributed by atoms with E-state index in [9.17, 15) is 4.39 Å². The van der Waals surface area contributed by atoms with Crippen LogP contribution in [0.5, 0.6) is 0 Å². The molecule has 0 aromatic heterocycles. The molecule has 0 spiro atoms. The summed E-state index contributed by atoms with van der Waals surface area (Å²) in [5.41, 5.74) is 2.58. The van der Waals surface area contributed by atoms with Crippen LogP contribution in [-0.4, -0.2) is 0 Å². The Hall–Kier alpha value is -1.34. The maximum atomic E-state index is 14.6. The van der Waals surface area contributed by atoms with Crippen molar-refractivity contribution < 1.29 is 4.39 Å². The fourth-order valence-electron chi connectivity index (χ4n) is 3.25. The smallest absolute Gasteiger partial charge is 0.131 e. The molecule has 118 valence electrons. The Morgan fingerprint density at radius 3 is 2.18 bits per heavy atom. The standard InChI is InChI=1S/C20H24ClF/c1-19(2,3)13-20(4,5)15-9-10-17(18(22)12-15)14-7-6-8-16(21)11-14/h6-12H,13H2,1-5H3. The minimum atomic E-state index is -0.193. The van der Waals surface area contributed by atoms with Crippen LogP contribution in [0.3, 0.4) is 0 Å². The van der Waals surface area contributed by atoms with Crippen LogP contribution in [0.1, 0.15) is 46.6 Å². The molecule has 2 aromatic rings. The van der Waals surface area contributed by atoms with Crippen molar-refractivity contribution in [3.63, 3.8) is 0 Å². The molecule has 0 radical (unpaired) electrons. The molecule has 2 heteroatoms. The molecule has 0 unspecified atom stereocenters. The summed E-state index contributed by atoms with van der Waals surface area (Å²) in [7, 11) is 0. The van der Waals surface area contributed by atoms with E-state index < -0.39 is 0 Å². The summed E-state index contributed by atoms with van der Waals surface area (Å²) >= 11 is 6.00. The van der Waals surface area contributed by atoms with E-state index in [1.165, 1.54) is 0 Å². The van der Waals surface area contributed by atoms with Gasteiger partial charge in [0, 0.05) is 10.6 Å². The molecule has 2 aromatic carbocycles. The number of rotatable bonds is 3. The highest BCUT2D eigenvalue weighted by molar-refractivity contribution is 6.30. The van der Waals surface area contributed by atoms with Crippen molar-refractivity contribution >= 4 is 11.6 Å². The summed E-state index contributed by atoms with van der Waals surface area (Å²) in [6.45, 7) is 11.0. The number of hydrogen-bond acceptors (Lipinski definition) is 0. The van der Waals surface area contributed by atoms with E-state index in [0.717, 1.165) is 17.5 Å². The van der Waals surface area contributed by atoms with E-state index in [0.29, 0.717) is 10.6 Å². The van der Waals surface area contributed by atoms with E-state index in [1.807, 2.05) is 24.3 Å². The van der Waals surface area contributed by atoms with Crippen LogP contribution in [0.4, 0.5) is 4.39 Å². The molecule has 22 heavy (non-hydrogen) atoms. The molecule has 0 bridgehead atoms. The second kappa shape index (κ2) is 6.04. The van der Waals surface area contributed by atoms with Crippen molar-refractivity contribution in [2.75, 3.05) is 0 Å². The van der Waals surface area contributed by atoms with Crippen LogP contribution in [0, 0.1) is 11.2 Å². The van der Waals surface area contributed by atoms with E-state index >= 15 is 0 Å². The second-order valence-corrected chi connectivity index (χ2v) is 8.26. The monoisotopic (exact) mass is 318 g/mol. The SMILES string of the molecule is CC(C)(C)CC(C)(C)c1ccc(-c2cccc(Cl)c2)c(F)c1. The number of hydrogen-bond donors (Lipinski definition) is 0. The topological polar surface area (TPSA) is 0 Å². The normalized spacial score (nSPS) is 12.5. The third kappa shape index (κ3) is 4.10. The largest absolute Gasteiger partial charge is 0.206 e. The average Bonchev–Trinajstić information content (AvgIpc) is 2.35. The van der Waals surface area contributed by atoms with Crippen molar-refractivity contribution in [3.8, 4) is 11.1 Å². The predicted molar refractivity (Wildman–Crippen MR) is 93.9 cm³/mol. The van der Waals surface area contributed by atoms with Crippen LogP contribution in [-0.2, 0) is 5.41 Å². The van der Waals surface area contributed by atoms with Crippen molar-refractivity contribution in [2.24, 2.45) is 5.41 Å². The molecular weight excluding hydrogens is 295 g/mol. The van der Waals surface area contributed by atoms with Crippen LogP contribution >= 0.6 is 11.6 Å². The van der Waals surface area contributed by atoms with Gasteiger partial charge in [0.1, 0.15) is 5.82 Å². The minimum absolute atomic E-state index is 0.0635. The highest BCUT2D eigenvalue weighted by Gasteiger charge is 2.27. The maximum absolute atomic E-state index is 14.6. The van der Waals surface area contributed by atoms with Crippen molar-refractivity contribution in [1.82, 2.24) is 0 Å². The third-order valence-electron chi connectivity index (χ3n) is 3.86. The zero-order valence-corrected chi connectivity index (χ0v) is 14.8. The molecule has 0 fully saturated rings. The molecule has 0 atom stereocenters. The Morgan fingerprint density at radius 1 is 0.955 bits per heavy atom. The molecule has 0 aliphatic heterocycles. The van der Waals surface area contributed by atoms with Gasteiger partial charge in [-0.2, -0.15) is 0 Å². The molecule has 0 amide bonds. The molecule has 0 nitrogen and oxygen atoms in total. The highest BCUT2D eigenvalue weighted by atomic mass is 35.5. The lowest BCUT2D eigenvalue weighted by Crippen LogP contribution is -2.25. The van der Waals surface area contributed by atoms with Crippen LogP contribution in [0.2, 0.25) is 5.02 Å². The van der Waals surface area contributed by atoms with Gasteiger partial charge in [-0.05, 0) is 46.6 Å². The van der Waals surface area contributed by atoms with E-state index in [-0.39, 0.29) is 16.6 Å². The lowest BCUT2D eigenvalue weighted by molar-refractivity contribution is 0.283. The van der Waals surface area contributed by atoms with E-state index in [4.69, 9.17) is 11.6 Å². The second-order valence-electron chi connectivity index (χ2n) is 7.83. The summed E-state index contributed by atoms with van der Waals surface area (Å²) < 4.78 is 14.6. The van der Waals surface area contributed by atoms with Crippen molar-refractivity contribution in [2.45, 2.75) is 46.5 Å². The molecule has 0 aliphatic carbocycles. The van der Waals surface area contributed by atoms with Crippen molar-refractivity contribution in [1.29, 1.82) is 0 Å². The Labute approximate surface area is 138 Å². The summed E-state index contributed by atoms with van der Waals surface area (Å²) in [6.07, 6.45) is 0.996. The molecule has 0 aliphatic rings. The van der Waals surface area contributed by atoms with E-state index in [1.54, 1.807) is 18.2 Å². The Kier molecular flexibility index (Phi) is 4.67. The molecule has 0 saturated carbocycles. The lowest BCUT2D eigenvalue weighted by atomic mass is 9.72. The maximum Gasteiger partial charge on any atom is 0.131 e. The first-order valence-electron chi connectivity index (χ1n) is 7.64. The lowest BCUT2D eigenvalue weighted by Gasteiger charge is -2.33. The van der Waals surface area contributed by atoms with Crippen LogP contribution in [0.15, 0.2) is 42.5 Å². The Morgan fingerprint density at radius 2 is 1.64 bits per heavy atom. The van der Waals surface area contributed by atoms with Crippen LogP contribution in [0.25, 0.3) is 11.1 Å². The van der Waals surface area contributed by atoms with Gasteiger partial charge in [-0.1, -0.05) is 70.5 Å². The fraction of sp³-hybridized carbons (Fsp3) is 0.400. The predicted octanol–water partition coefficient (Wildman–Crippen LogP) is 6.86. The average molecular weight is 319 g/mol. The number of halogens is 2. The Balaban J connectivity index is 2.38. The van der Waals surface area contributed by atoms with E-state index in [2.05, 4.69) is 34.6 Å². The first-order chi connectivity index (χ1) is 10.1. The van der Waals surface area contributed by atoms with Gasteiger partial charge < -0.3 is 0 Å². The summed E-state index contributed by atoms with van der Waals surface area (Å²) in [5.74, 6) is -0.193. The Bertz CT molecular complexity index is 666. The molecule has 0 saturated heterocycles. The van der Waals surface area contributed by atoms with Gasteiger partial charge in [0.15, 0.2) is 0 Å².